The van der Waals surface area contributed by atoms with Gasteiger partial charge >= 0.3 is 11.8 Å². The maximum Gasteiger partial charge on any atom is 0.458 e. The number of nitrogens with one attached hydrogen (secondary N) is 1. The summed E-state index contributed by atoms with van der Waals surface area (Å²) in [6.45, 7) is 2.56. The Morgan fingerprint density at radius 3 is 2.72 bits per heavy atom. The predicted molar refractivity (Wildman–Crippen MR) is 109 cm³/mol. The summed E-state index contributed by atoms with van der Waals surface area (Å²) in [6.07, 6.45) is 3.17. The third-order valence-electron chi connectivity index (χ3n) is 5.10. The van der Waals surface area contributed by atoms with Crippen LogP contribution in [0.5, 0.6) is 11.8 Å². The van der Waals surface area contributed by atoms with Gasteiger partial charge in [-0.05, 0) is 60.4 Å². The Morgan fingerprint density at radius 2 is 2.03 bits per heavy atom. The van der Waals surface area contributed by atoms with Gasteiger partial charge in [0.25, 0.3) is 0 Å². The molecule has 1 aliphatic rings. The summed E-state index contributed by atoms with van der Waals surface area (Å²) in [4.78, 5) is 13.0. The standard InChI is InChI=1S/C21H17FN6O4/c1-21(12-26-11-19(28(29)30)23-20(26)32-21)13-31-17-8-6-16(7-9-17)27-10-18(24-25-27)14-2-4-15(22)5-3-14/h2-11H,12-13H2,1H3/p+1/t21-/m1/s1. The van der Waals surface area contributed by atoms with Crippen LogP contribution in [0.1, 0.15) is 6.92 Å². The molecule has 0 unspecified atom stereocenters. The molecule has 0 radical (unpaired) electrons. The Balaban J connectivity index is 1.22. The van der Waals surface area contributed by atoms with Crippen LogP contribution < -0.4 is 14.0 Å². The molecule has 1 atom stereocenters. The van der Waals surface area contributed by atoms with E-state index in [0.29, 0.717) is 24.0 Å². The molecular formula is C21H18FN6O4+. The second-order valence-corrected chi connectivity index (χ2v) is 7.72. The molecule has 0 saturated heterocycles. The minimum Gasteiger partial charge on any atom is -0.489 e. The molecule has 4 aromatic rings. The molecule has 162 valence electrons. The zero-order valence-corrected chi connectivity index (χ0v) is 16.9. The third-order valence-corrected chi connectivity index (χ3v) is 5.10. The molecule has 0 aliphatic carbocycles. The van der Waals surface area contributed by atoms with Gasteiger partial charge in [-0.15, -0.1) is 5.10 Å². The molecule has 1 N–H and O–H groups in total. The van der Waals surface area contributed by atoms with Crippen molar-refractivity contribution in [2.75, 3.05) is 6.61 Å². The smallest absolute Gasteiger partial charge is 0.458 e. The fraction of sp³-hybridized carbons (Fsp3) is 0.190. The molecule has 0 amide bonds. The molecular weight excluding hydrogens is 419 g/mol. The Labute approximate surface area is 181 Å². The topological polar surface area (TPSA) is 112 Å². The molecule has 0 bridgehead atoms. The number of aromatic nitrogens is 5. The van der Waals surface area contributed by atoms with Gasteiger partial charge < -0.3 is 19.6 Å². The number of nitrogens with zero attached hydrogens (tertiary/aromatic N) is 5. The van der Waals surface area contributed by atoms with E-state index in [1.165, 1.54) is 18.3 Å². The molecule has 2 aromatic carbocycles. The van der Waals surface area contributed by atoms with Crippen molar-refractivity contribution < 1.29 is 23.4 Å². The summed E-state index contributed by atoms with van der Waals surface area (Å²) >= 11 is 0. The van der Waals surface area contributed by atoms with E-state index in [2.05, 4.69) is 15.3 Å². The van der Waals surface area contributed by atoms with Crippen LogP contribution in [0.4, 0.5) is 10.2 Å². The molecule has 0 saturated carbocycles. The van der Waals surface area contributed by atoms with E-state index in [4.69, 9.17) is 9.47 Å². The highest BCUT2D eigenvalue weighted by Crippen LogP contribution is 2.26. The third kappa shape index (κ3) is 3.75. The van der Waals surface area contributed by atoms with Crippen molar-refractivity contribution in [3.8, 4) is 28.7 Å². The van der Waals surface area contributed by atoms with Gasteiger partial charge in [-0.1, -0.05) is 5.21 Å². The fourth-order valence-electron chi connectivity index (χ4n) is 3.49. The molecule has 5 rings (SSSR count). The number of imidazole rings is 1. The average molecular weight is 437 g/mol. The van der Waals surface area contributed by atoms with Gasteiger partial charge in [-0.2, -0.15) is 9.55 Å². The minimum absolute atomic E-state index is 0.116. The fourth-order valence-corrected chi connectivity index (χ4v) is 3.49. The van der Waals surface area contributed by atoms with Gasteiger partial charge in [0.05, 0.1) is 11.9 Å². The molecule has 0 fully saturated rings. The number of benzene rings is 2. The molecule has 11 heteroatoms. The quantitative estimate of drug-likeness (QED) is 0.282. The second-order valence-electron chi connectivity index (χ2n) is 7.72. The maximum absolute atomic E-state index is 13.1. The summed E-state index contributed by atoms with van der Waals surface area (Å²) in [7, 11) is 0. The minimum atomic E-state index is -0.657. The van der Waals surface area contributed by atoms with Crippen LogP contribution in [-0.4, -0.2) is 37.1 Å². The normalized spacial score (nSPS) is 17.1. The molecule has 0 spiro atoms. The zero-order chi connectivity index (χ0) is 22.3. The average Bonchev–Trinajstić information content (AvgIpc) is 3.47. The first kappa shape index (κ1) is 19.7. The number of rotatable bonds is 6. The van der Waals surface area contributed by atoms with Gasteiger partial charge in [0.1, 0.15) is 30.4 Å². The Morgan fingerprint density at radius 1 is 1.28 bits per heavy atom. The number of hydrogen-bond donors (Lipinski definition) is 1. The lowest BCUT2D eigenvalue weighted by Crippen LogP contribution is -2.43. The van der Waals surface area contributed by atoms with Crippen molar-refractivity contribution in [3.63, 3.8) is 0 Å². The summed E-state index contributed by atoms with van der Waals surface area (Å²) < 4.78 is 28.1. The van der Waals surface area contributed by atoms with Crippen LogP contribution in [-0.2, 0) is 6.54 Å². The number of fused-ring (bicyclic) bond motifs is 1. The second kappa shape index (κ2) is 7.45. The first-order valence-corrected chi connectivity index (χ1v) is 9.76. The lowest BCUT2D eigenvalue weighted by molar-refractivity contribution is -0.684. The van der Waals surface area contributed by atoms with Crippen molar-refractivity contribution in [2.45, 2.75) is 19.1 Å². The van der Waals surface area contributed by atoms with E-state index in [1.54, 1.807) is 27.6 Å². The summed E-state index contributed by atoms with van der Waals surface area (Å²) in [6, 6.07) is 13.7. The maximum atomic E-state index is 13.1. The van der Waals surface area contributed by atoms with Crippen LogP contribution in [0.15, 0.2) is 60.9 Å². The number of hydrogen-bond acceptors (Lipinski definition) is 6. The van der Waals surface area contributed by atoms with E-state index < -0.39 is 10.5 Å². The van der Waals surface area contributed by atoms with Gasteiger partial charge in [-0.3, -0.25) is 0 Å². The summed E-state index contributed by atoms with van der Waals surface area (Å²) in [5.74, 6) is 0.222. The summed E-state index contributed by atoms with van der Waals surface area (Å²) in [5.41, 5.74) is 1.54. The molecule has 10 nitrogen and oxygen atoms in total. The lowest BCUT2D eigenvalue weighted by atomic mass is 10.1. The van der Waals surface area contributed by atoms with E-state index in [0.717, 1.165) is 11.3 Å². The van der Waals surface area contributed by atoms with Crippen molar-refractivity contribution in [2.24, 2.45) is 0 Å². The monoisotopic (exact) mass is 437 g/mol. The SMILES string of the molecule is C[C@]1(COc2ccc(-n3cc(-c4ccc(F)cc4)nn3)cc2)C[n+]2cc([N+](=O)[O-])[nH]c2O1. The molecule has 3 heterocycles. The van der Waals surface area contributed by atoms with Gasteiger partial charge in [0, 0.05) is 5.56 Å². The number of nitro groups is 1. The van der Waals surface area contributed by atoms with E-state index >= 15 is 0 Å². The Hall–Kier alpha value is -4.28. The van der Waals surface area contributed by atoms with E-state index in [9.17, 15) is 14.5 Å². The number of ether oxygens (including phenoxy) is 2. The van der Waals surface area contributed by atoms with Crippen LogP contribution in [0.2, 0.25) is 0 Å². The molecule has 1 aliphatic heterocycles. The lowest BCUT2D eigenvalue weighted by Gasteiger charge is -2.20. The van der Waals surface area contributed by atoms with E-state index in [-0.39, 0.29) is 18.2 Å². The van der Waals surface area contributed by atoms with Crippen LogP contribution in [0.3, 0.4) is 0 Å². The van der Waals surface area contributed by atoms with Gasteiger partial charge in [-0.25, -0.2) is 9.07 Å². The zero-order valence-electron chi connectivity index (χ0n) is 16.9. The Kier molecular flexibility index (Phi) is 4.58. The largest absolute Gasteiger partial charge is 0.489 e. The number of halogens is 1. The first-order chi connectivity index (χ1) is 15.4. The highest BCUT2D eigenvalue weighted by molar-refractivity contribution is 5.58. The molecule has 2 aromatic heterocycles. The Bertz CT molecular complexity index is 1260. The van der Waals surface area contributed by atoms with Crippen LogP contribution in [0, 0.1) is 15.9 Å². The van der Waals surface area contributed by atoms with Crippen LogP contribution in [0.25, 0.3) is 16.9 Å². The summed E-state index contributed by atoms with van der Waals surface area (Å²) in [5, 5.41) is 19.1. The van der Waals surface area contributed by atoms with Crippen molar-refractivity contribution in [1.29, 1.82) is 0 Å². The van der Waals surface area contributed by atoms with E-state index in [1.807, 2.05) is 31.2 Å². The highest BCUT2D eigenvalue weighted by Gasteiger charge is 2.43. The highest BCUT2D eigenvalue weighted by atomic mass is 19.1. The number of aromatic amines is 1. The van der Waals surface area contributed by atoms with Crippen LogP contribution >= 0.6 is 0 Å². The van der Waals surface area contributed by atoms with Crippen molar-refractivity contribution >= 4 is 5.82 Å². The van der Waals surface area contributed by atoms with Gasteiger partial charge in [0.2, 0.25) is 0 Å². The van der Waals surface area contributed by atoms with Crippen molar-refractivity contribution in [3.05, 3.63) is 76.9 Å². The predicted octanol–water partition coefficient (Wildman–Crippen LogP) is 2.83. The number of H-pyrrole nitrogens is 1. The first-order valence-electron chi connectivity index (χ1n) is 9.76. The van der Waals surface area contributed by atoms with Crippen molar-refractivity contribution in [1.82, 2.24) is 20.0 Å². The van der Waals surface area contributed by atoms with Gasteiger partial charge in [0.15, 0.2) is 11.8 Å². The molecule has 32 heavy (non-hydrogen) atoms.